The maximum atomic E-state index is 12.0. The fraction of sp³-hybridized carbons (Fsp3) is 0.294. The molecule has 0 saturated carbocycles. The number of nitrogens with zero attached hydrogens (tertiary/aromatic N) is 1. The summed E-state index contributed by atoms with van der Waals surface area (Å²) >= 11 is 0. The van der Waals surface area contributed by atoms with Crippen molar-refractivity contribution in [3.63, 3.8) is 0 Å². The molecule has 1 unspecified atom stereocenters. The summed E-state index contributed by atoms with van der Waals surface area (Å²) in [6, 6.07) is 13.0. The van der Waals surface area contributed by atoms with Crippen molar-refractivity contribution in [3.8, 4) is 0 Å². The van der Waals surface area contributed by atoms with Gasteiger partial charge in [-0.25, -0.2) is 0 Å². The van der Waals surface area contributed by atoms with E-state index in [1.165, 1.54) is 6.92 Å². The second kappa shape index (κ2) is 7.45. The summed E-state index contributed by atoms with van der Waals surface area (Å²) in [4.78, 5) is 25.4. The van der Waals surface area contributed by atoms with Gasteiger partial charge in [0, 0.05) is 6.92 Å². The molecule has 0 aliphatic heterocycles. The second-order valence-corrected chi connectivity index (χ2v) is 5.09. The van der Waals surface area contributed by atoms with E-state index in [9.17, 15) is 9.59 Å². The molecule has 0 fully saturated rings. The Bertz CT molecular complexity index is 608. The smallest absolute Gasteiger partial charge is 0.240 e. The molecule has 2 amide bonds. The van der Waals surface area contributed by atoms with E-state index in [4.69, 9.17) is 4.42 Å². The molecule has 2 rings (SSSR count). The number of amides is 2. The van der Waals surface area contributed by atoms with E-state index < -0.39 is 0 Å². The third-order valence-electron chi connectivity index (χ3n) is 3.51. The van der Waals surface area contributed by atoms with Crippen molar-refractivity contribution < 1.29 is 14.0 Å². The summed E-state index contributed by atoms with van der Waals surface area (Å²) in [6.45, 7) is 3.72. The van der Waals surface area contributed by atoms with Gasteiger partial charge in [0.1, 0.15) is 12.3 Å². The Balaban J connectivity index is 1.96. The van der Waals surface area contributed by atoms with Gasteiger partial charge in [-0.2, -0.15) is 0 Å². The lowest BCUT2D eigenvalue weighted by Gasteiger charge is -2.28. The SMILES string of the molecule is CC(=O)N(CC(=O)NCc1ccco1)C(C)c1ccccc1. The van der Waals surface area contributed by atoms with E-state index in [1.54, 1.807) is 23.3 Å². The van der Waals surface area contributed by atoms with Gasteiger partial charge in [-0.05, 0) is 24.6 Å². The van der Waals surface area contributed by atoms with Crippen LogP contribution in [0, 0.1) is 0 Å². The van der Waals surface area contributed by atoms with E-state index in [2.05, 4.69) is 5.32 Å². The van der Waals surface area contributed by atoms with Crippen molar-refractivity contribution in [2.45, 2.75) is 26.4 Å². The van der Waals surface area contributed by atoms with Crippen LogP contribution in [-0.2, 0) is 16.1 Å². The van der Waals surface area contributed by atoms with Gasteiger partial charge in [0.15, 0.2) is 0 Å². The minimum Gasteiger partial charge on any atom is -0.467 e. The first-order chi connectivity index (χ1) is 10.6. The standard InChI is InChI=1S/C17H20N2O3/c1-13(15-7-4-3-5-8-15)19(14(2)20)12-17(21)18-11-16-9-6-10-22-16/h3-10,13H,11-12H2,1-2H3,(H,18,21). The largest absolute Gasteiger partial charge is 0.467 e. The van der Waals surface area contributed by atoms with Crippen LogP contribution in [0.4, 0.5) is 0 Å². The lowest BCUT2D eigenvalue weighted by atomic mass is 10.1. The van der Waals surface area contributed by atoms with E-state index in [0.717, 1.165) is 5.56 Å². The molecule has 1 heterocycles. The highest BCUT2D eigenvalue weighted by molar-refractivity contribution is 5.84. The van der Waals surface area contributed by atoms with Gasteiger partial charge in [-0.3, -0.25) is 9.59 Å². The van der Waals surface area contributed by atoms with Crippen LogP contribution in [0.25, 0.3) is 0 Å². The second-order valence-electron chi connectivity index (χ2n) is 5.09. The van der Waals surface area contributed by atoms with Gasteiger partial charge in [-0.1, -0.05) is 30.3 Å². The Morgan fingerprint density at radius 3 is 2.50 bits per heavy atom. The molecule has 1 aromatic heterocycles. The molecule has 116 valence electrons. The Hall–Kier alpha value is -2.56. The molecular weight excluding hydrogens is 280 g/mol. The molecule has 5 nitrogen and oxygen atoms in total. The van der Waals surface area contributed by atoms with Crippen LogP contribution in [-0.4, -0.2) is 23.3 Å². The predicted molar refractivity (Wildman–Crippen MR) is 82.8 cm³/mol. The zero-order valence-electron chi connectivity index (χ0n) is 12.8. The number of furan rings is 1. The quantitative estimate of drug-likeness (QED) is 0.891. The highest BCUT2D eigenvalue weighted by Crippen LogP contribution is 2.19. The van der Waals surface area contributed by atoms with Crippen LogP contribution in [0.2, 0.25) is 0 Å². The summed E-state index contributed by atoms with van der Waals surface area (Å²) in [7, 11) is 0. The minimum atomic E-state index is -0.214. The predicted octanol–water partition coefficient (Wildman–Crippen LogP) is 2.51. The van der Waals surface area contributed by atoms with Crippen molar-refractivity contribution in [1.82, 2.24) is 10.2 Å². The van der Waals surface area contributed by atoms with Gasteiger partial charge in [0.05, 0.1) is 18.8 Å². The molecule has 2 aromatic rings. The summed E-state index contributed by atoms with van der Waals surface area (Å²) < 4.78 is 5.16. The normalized spacial score (nSPS) is 11.7. The zero-order valence-corrected chi connectivity index (χ0v) is 12.8. The van der Waals surface area contributed by atoms with Gasteiger partial charge >= 0.3 is 0 Å². The molecule has 1 aromatic carbocycles. The Morgan fingerprint density at radius 2 is 1.91 bits per heavy atom. The first-order valence-corrected chi connectivity index (χ1v) is 7.19. The highest BCUT2D eigenvalue weighted by Gasteiger charge is 2.21. The molecule has 0 aliphatic carbocycles. The zero-order chi connectivity index (χ0) is 15.9. The summed E-state index contributed by atoms with van der Waals surface area (Å²) in [5.74, 6) is 0.331. The molecule has 0 radical (unpaired) electrons. The Kier molecular flexibility index (Phi) is 5.36. The third kappa shape index (κ3) is 4.22. The first-order valence-electron chi connectivity index (χ1n) is 7.19. The fourth-order valence-corrected chi connectivity index (χ4v) is 2.24. The van der Waals surface area contributed by atoms with Crippen molar-refractivity contribution in [1.29, 1.82) is 0 Å². The van der Waals surface area contributed by atoms with Crippen molar-refractivity contribution in [2.24, 2.45) is 0 Å². The lowest BCUT2D eigenvalue weighted by molar-refractivity contribution is -0.136. The first kappa shape index (κ1) is 15.8. The number of carbonyl (C=O) groups excluding carboxylic acids is 2. The summed E-state index contributed by atoms with van der Waals surface area (Å²) in [5, 5.41) is 2.75. The Morgan fingerprint density at radius 1 is 1.18 bits per heavy atom. The average molecular weight is 300 g/mol. The van der Waals surface area contributed by atoms with Crippen molar-refractivity contribution >= 4 is 11.8 Å². The topological polar surface area (TPSA) is 62.6 Å². The number of hydrogen-bond donors (Lipinski definition) is 1. The number of benzene rings is 1. The van der Waals surface area contributed by atoms with Crippen LogP contribution in [0.5, 0.6) is 0 Å². The highest BCUT2D eigenvalue weighted by atomic mass is 16.3. The summed E-state index contributed by atoms with van der Waals surface area (Å²) in [6.07, 6.45) is 1.56. The van der Waals surface area contributed by atoms with E-state index in [0.29, 0.717) is 12.3 Å². The number of hydrogen-bond acceptors (Lipinski definition) is 3. The Labute approximate surface area is 129 Å². The van der Waals surface area contributed by atoms with Crippen LogP contribution in [0.1, 0.15) is 31.2 Å². The molecule has 0 saturated heterocycles. The fourth-order valence-electron chi connectivity index (χ4n) is 2.24. The van der Waals surface area contributed by atoms with E-state index in [-0.39, 0.29) is 24.4 Å². The van der Waals surface area contributed by atoms with Gasteiger partial charge < -0.3 is 14.6 Å². The van der Waals surface area contributed by atoms with Crippen LogP contribution in [0.15, 0.2) is 53.1 Å². The number of nitrogens with one attached hydrogen (secondary N) is 1. The average Bonchev–Trinajstić information content (AvgIpc) is 3.04. The maximum Gasteiger partial charge on any atom is 0.240 e. The van der Waals surface area contributed by atoms with Crippen molar-refractivity contribution in [2.75, 3.05) is 6.54 Å². The maximum absolute atomic E-state index is 12.0. The molecule has 22 heavy (non-hydrogen) atoms. The molecule has 0 spiro atoms. The van der Waals surface area contributed by atoms with Gasteiger partial charge in [-0.15, -0.1) is 0 Å². The molecule has 0 aliphatic rings. The number of carbonyl (C=O) groups is 2. The molecule has 1 atom stereocenters. The molecule has 5 heteroatoms. The molecule has 0 bridgehead atoms. The van der Waals surface area contributed by atoms with Gasteiger partial charge in [0.2, 0.25) is 11.8 Å². The van der Waals surface area contributed by atoms with E-state index >= 15 is 0 Å². The van der Waals surface area contributed by atoms with Crippen LogP contribution >= 0.6 is 0 Å². The molecule has 1 N–H and O–H groups in total. The monoisotopic (exact) mass is 300 g/mol. The van der Waals surface area contributed by atoms with Crippen LogP contribution < -0.4 is 5.32 Å². The molecular formula is C17H20N2O3. The lowest BCUT2D eigenvalue weighted by Crippen LogP contribution is -2.40. The van der Waals surface area contributed by atoms with Crippen molar-refractivity contribution in [3.05, 3.63) is 60.1 Å². The van der Waals surface area contributed by atoms with Crippen LogP contribution in [0.3, 0.4) is 0 Å². The minimum absolute atomic E-state index is 0.0199. The number of rotatable bonds is 6. The summed E-state index contributed by atoms with van der Waals surface area (Å²) in [5.41, 5.74) is 0.997. The van der Waals surface area contributed by atoms with E-state index in [1.807, 2.05) is 37.3 Å². The van der Waals surface area contributed by atoms with Gasteiger partial charge in [0.25, 0.3) is 0 Å². The third-order valence-corrected chi connectivity index (χ3v) is 3.51.